The summed E-state index contributed by atoms with van der Waals surface area (Å²) < 4.78 is 10.5. The molecule has 5 nitrogen and oxygen atoms in total. The van der Waals surface area contributed by atoms with E-state index in [0.717, 1.165) is 6.42 Å². The highest BCUT2D eigenvalue weighted by molar-refractivity contribution is 5.95. The molecule has 1 atom stereocenters. The van der Waals surface area contributed by atoms with Crippen LogP contribution in [0.25, 0.3) is 0 Å². The van der Waals surface area contributed by atoms with Crippen LogP contribution in [-0.4, -0.2) is 18.7 Å². The fraction of sp³-hybridized carbons (Fsp3) is 0.462. The second-order valence-corrected chi connectivity index (χ2v) is 4.84. The van der Waals surface area contributed by atoms with Crippen molar-refractivity contribution in [2.45, 2.75) is 25.3 Å². The zero-order chi connectivity index (χ0) is 12.5. The highest BCUT2D eigenvalue weighted by Crippen LogP contribution is 2.35. The first-order valence-electron chi connectivity index (χ1n) is 6.18. The molecule has 2 aliphatic rings. The van der Waals surface area contributed by atoms with Crippen LogP contribution in [0.1, 0.15) is 19.3 Å². The van der Waals surface area contributed by atoms with Crippen LogP contribution in [0.15, 0.2) is 18.2 Å². The maximum atomic E-state index is 11.9. The number of fused-ring (bicyclic) bond motifs is 1. The minimum Gasteiger partial charge on any atom is -0.454 e. The van der Waals surface area contributed by atoms with Crippen LogP contribution in [0.4, 0.5) is 5.69 Å². The molecule has 1 aliphatic carbocycles. The highest BCUT2D eigenvalue weighted by atomic mass is 16.7. The Hall–Kier alpha value is -1.75. The Kier molecular flexibility index (Phi) is 2.83. The molecule has 1 amide bonds. The van der Waals surface area contributed by atoms with Gasteiger partial charge in [-0.15, -0.1) is 0 Å². The van der Waals surface area contributed by atoms with E-state index in [9.17, 15) is 4.79 Å². The smallest absolute Gasteiger partial charge is 0.241 e. The number of amides is 1. The molecular formula is C13H16N2O3. The van der Waals surface area contributed by atoms with Crippen molar-refractivity contribution in [3.63, 3.8) is 0 Å². The Morgan fingerprint density at radius 1 is 1.39 bits per heavy atom. The van der Waals surface area contributed by atoms with E-state index in [1.165, 1.54) is 12.8 Å². The third-order valence-electron chi connectivity index (χ3n) is 3.26. The molecule has 3 N–H and O–H groups in total. The van der Waals surface area contributed by atoms with Gasteiger partial charge in [-0.2, -0.15) is 0 Å². The zero-order valence-corrected chi connectivity index (χ0v) is 10.0. The van der Waals surface area contributed by atoms with Crippen molar-refractivity contribution in [1.29, 1.82) is 0 Å². The molecule has 0 saturated heterocycles. The first-order chi connectivity index (χ1) is 8.72. The topological polar surface area (TPSA) is 73.6 Å². The summed E-state index contributed by atoms with van der Waals surface area (Å²) in [5.41, 5.74) is 6.54. The van der Waals surface area contributed by atoms with E-state index in [2.05, 4.69) is 5.32 Å². The van der Waals surface area contributed by atoms with Crippen molar-refractivity contribution in [3.05, 3.63) is 18.2 Å². The number of anilines is 1. The monoisotopic (exact) mass is 248 g/mol. The van der Waals surface area contributed by atoms with Gasteiger partial charge < -0.3 is 20.5 Å². The number of rotatable bonds is 4. The van der Waals surface area contributed by atoms with E-state index in [4.69, 9.17) is 15.2 Å². The van der Waals surface area contributed by atoms with E-state index in [1.54, 1.807) is 18.2 Å². The summed E-state index contributed by atoms with van der Waals surface area (Å²) in [6.45, 7) is 0.230. The predicted octanol–water partition coefficient (Wildman–Crippen LogP) is 1.48. The second-order valence-electron chi connectivity index (χ2n) is 4.84. The molecule has 1 unspecified atom stereocenters. The van der Waals surface area contributed by atoms with Crippen molar-refractivity contribution in [2.24, 2.45) is 11.7 Å². The van der Waals surface area contributed by atoms with Gasteiger partial charge in [0.1, 0.15) is 0 Å². The third kappa shape index (κ3) is 2.41. The Balaban J connectivity index is 1.62. The normalized spacial score (nSPS) is 18.5. The first kappa shape index (κ1) is 11.3. The fourth-order valence-corrected chi connectivity index (χ4v) is 2.03. The lowest BCUT2D eigenvalue weighted by atomic mass is 10.1. The lowest BCUT2D eigenvalue weighted by Crippen LogP contribution is -2.35. The average Bonchev–Trinajstić information content (AvgIpc) is 3.05. The first-order valence-corrected chi connectivity index (χ1v) is 6.18. The van der Waals surface area contributed by atoms with Crippen LogP contribution in [0.5, 0.6) is 11.5 Å². The van der Waals surface area contributed by atoms with Crippen LogP contribution in [0.2, 0.25) is 0 Å². The lowest BCUT2D eigenvalue weighted by molar-refractivity contribution is -0.117. The van der Waals surface area contributed by atoms with Gasteiger partial charge in [0, 0.05) is 11.8 Å². The second kappa shape index (κ2) is 4.49. The number of ether oxygens (including phenoxy) is 2. The van der Waals surface area contributed by atoms with E-state index in [-0.39, 0.29) is 12.7 Å². The van der Waals surface area contributed by atoms with Gasteiger partial charge in [-0.3, -0.25) is 4.79 Å². The van der Waals surface area contributed by atoms with Gasteiger partial charge in [0.05, 0.1) is 6.04 Å². The summed E-state index contributed by atoms with van der Waals surface area (Å²) in [4.78, 5) is 11.9. The van der Waals surface area contributed by atoms with Gasteiger partial charge >= 0.3 is 0 Å². The molecule has 1 saturated carbocycles. The number of benzene rings is 1. The molecule has 5 heteroatoms. The summed E-state index contributed by atoms with van der Waals surface area (Å²) in [5, 5.41) is 2.81. The largest absolute Gasteiger partial charge is 0.454 e. The van der Waals surface area contributed by atoms with Crippen LogP contribution in [0.3, 0.4) is 0 Å². The molecule has 96 valence electrons. The molecule has 1 heterocycles. The summed E-state index contributed by atoms with van der Waals surface area (Å²) in [6, 6.07) is 4.90. The van der Waals surface area contributed by atoms with Crippen molar-refractivity contribution in [2.75, 3.05) is 12.1 Å². The van der Waals surface area contributed by atoms with Crippen LogP contribution in [0, 0.1) is 5.92 Å². The Morgan fingerprint density at radius 2 is 2.17 bits per heavy atom. The number of carbonyl (C=O) groups is 1. The summed E-state index contributed by atoms with van der Waals surface area (Å²) in [6.07, 6.45) is 3.17. The van der Waals surface area contributed by atoms with Gasteiger partial charge in [0.25, 0.3) is 0 Å². The standard InChI is InChI=1S/C13H16N2O3/c14-10(5-8-1-2-8)13(16)15-9-3-4-11-12(6-9)18-7-17-11/h3-4,6,8,10H,1-2,5,7,14H2,(H,15,16). The molecule has 0 bridgehead atoms. The molecule has 1 aliphatic heterocycles. The molecular weight excluding hydrogens is 232 g/mol. The van der Waals surface area contributed by atoms with Crippen LogP contribution in [-0.2, 0) is 4.79 Å². The van der Waals surface area contributed by atoms with Crippen molar-refractivity contribution in [3.8, 4) is 11.5 Å². The van der Waals surface area contributed by atoms with Crippen LogP contribution >= 0.6 is 0 Å². The van der Waals surface area contributed by atoms with Crippen molar-refractivity contribution >= 4 is 11.6 Å². The number of nitrogens with one attached hydrogen (secondary N) is 1. The molecule has 0 radical (unpaired) electrons. The molecule has 0 spiro atoms. The van der Waals surface area contributed by atoms with Gasteiger partial charge in [0.15, 0.2) is 11.5 Å². The molecule has 1 aromatic rings. The lowest BCUT2D eigenvalue weighted by Gasteiger charge is -2.11. The summed E-state index contributed by atoms with van der Waals surface area (Å²) in [7, 11) is 0. The number of hydrogen-bond acceptors (Lipinski definition) is 4. The van der Waals surface area contributed by atoms with Gasteiger partial charge in [-0.25, -0.2) is 0 Å². The Labute approximate surface area is 105 Å². The summed E-state index contributed by atoms with van der Waals surface area (Å²) in [5.74, 6) is 1.86. The van der Waals surface area contributed by atoms with Gasteiger partial charge in [0.2, 0.25) is 12.7 Å². The molecule has 3 rings (SSSR count). The van der Waals surface area contributed by atoms with E-state index >= 15 is 0 Å². The number of carbonyl (C=O) groups excluding carboxylic acids is 1. The Morgan fingerprint density at radius 3 is 2.94 bits per heavy atom. The fourth-order valence-electron chi connectivity index (χ4n) is 2.03. The van der Waals surface area contributed by atoms with Crippen LogP contribution < -0.4 is 20.5 Å². The highest BCUT2D eigenvalue weighted by Gasteiger charge is 2.27. The maximum Gasteiger partial charge on any atom is 0.241 e. The molecule has 1 aromatic carbocycles. The van der Waals surface area contributed by atoms with Crippen molar-refractivity contribution in [1.82, 2.24) is 0 Å². The summed E-state index contributed by atoms with van der Waals surface area (Å²) >= 11 is 0. The van der Waals surface area contributed by atoms with E-state index < -0.39 is 6.04 Å². The maximum absolute atomic E-state index is 11.9. The SMILES string of the molecule is NC(CC1CC1)C(=O)Nc1ccc2c(c1)OCO2. The quantitative estimate of drug-likeness (QED) is 0.846. The molecule has 0 aromatic heterocycles. The predicted molar refractivity (Wildman–Crippen MR) is 66.5 cm³/mol. The third-order valence-corrected chi connectivity index (χ3v) is 3.26. The average molecular weight is 248 g/mol. The van der Waals surface area contributed by atoms with E-state index in [1.807, 2.05) is 0 Å². The minimum atomic E-state index is -0.428. The Bertz CT molecular complexity index is 471. The van der Waals surface area contributed by atoms with E-state index in [0.29, 0.717) is 23.1 Å². The van der Waals surface area contributed by atoms with Crippen molar-refractivity contribution < 1.29 is 14.3 Å². The van der Waals surface area contributed by atoms with Gasteiger partial charge in [-0.1, -0.05) is 12.8 Å². The zero-order valence-electron chi connectivity index (χ0n) is 10.0. The van der Waals surface area contributed by atoms with Gasteiger partial charge in [-0.05, 0) is 24.5 Å². The molecule has 18 heavy (non-hydrogen) atoms. The minimum absolute atomic E-state index is 0.138. The number of hydrogen-bond donors (Lipinski definition) is 2. The molecule has 1 fully saturated rings. The number of nitrogens with two attached hydrogens (primary N) is 1.